The second-order valence-electron chi connectivity index (χ2n) is 15.9. The van der Waals surface area contributed by atoms with Gasteiger partial charge >= 0.3 is 0 Å². The molecule has 5 heterocycles. The summed E-state index contributed by atoms with van der Waals surface area (Å²) in [6.45, 7) is 0. The van der Waals surface area contributed by atoms with E-state index in [1.165, 1.54) is 77.0 Å². The van der Waals surface area contributed by atoms with Gasteiger partial charge in [0.15, 0.2) is 0 Å². The summed E-state index contributed by atoms with van der Waals surface area (Å²) in [5.74, 6) is 3.88. The average molecular weight is 756 g/mol. The first-order chi connectivity index (χ1) is 21.5. The predicted molar refractivity (Wildman–Crippen MR) is 177 cm³/mol. The molecule has 8 bridgehead atoms. The van der Waals surface area contributed by atoms with Crippen molar-refractivity contribution in [2.24, 2.45) is 47.3 Å². The topological polar surface area (TPSA) is 96.2 Å². The molecule has 45 heavy (non-hydrogen) atoms. The van der Waals surface area contributed by atoms with Crippen LogP contribution in [0.2, 0.25) is 0 Å². The van der Waals surface area contributed by atoms with Gasteiger partial charge in [-0.3, -0.25) is 42.5 Å². The molecule has 0 aromatic carbocycles. The molecular formula is C32H52Cl4N8Zn. The third-order valence-electron chi connectivity index (χ3n) is 13.9. The summed E-state index contributed by atoms with van der Waals surface area (Å²) in [4.78, 5) is 0. The van der Waals surface area contributed by atoms with Crippen LogP contribution in [0.4, 0.5) is 0 Å². The van der Waals surface area contributed by atoms with Gasteiger partial charge in [-0.05, 0) is 74.0 Å². The largest absolute Gasteiger partial charge is 0.286 e. The Morgan fingerprint density at radius 2 is 0.489 bits per heavy atom. The van der Waals surface area contributed by atoms with Gasteiger partial charge in [-0.15, -0.1) is 46.4 Å². The zero-order chi connectivity index (χ0) is 29.7. The molecule has 0 radical (unpaired) electrons. The van der Waals surface area contributed by atoms with E-state index in [1.54, 1.807) is 0 Å². The molecule has 8 nitrogen and oxygen atoms in total. The van der Waals surface area contributed by atoms with Gasteiger partial charge in [0.05, 0.1) is 70.8 Å². The second-order valence-corrected chi connectivity index (χ2v) is 17.9. The normalized spacial score (nSPS) is 58.9. The van der Waals surface area contributed by atoms with Crippen LogP contribution in [-0.2, 0) is 19.5 Å². The molecular weight excluding hydrogens is 704 g/mol. The minimum Gasteiger partial charge on any atom is -0.286 e. The minimum absolute atomic E-state index is 0. The number of hydrogen-bond donors (Lipinski definition) is 8. The molecule has 0 aromatic heterocycles. The number of nitrogens with one attached hydrogen (secondary N) is 8. The first kappa shape index (κ1) is 33.6. The third-order valence-corrected chi connectivity index (χ3v) is 16.5. The van der Waals surface area contributed by atoms with Crippen molar-refractivity contribution < 1.29 is 19.5 Å². The maximum absolute atomic E-state index is 7.23. The van der Waals surface area contributed by atoms with Crippen LogP contribution in [0.3, 0.4) is 0 Å². The van der Waals surface area contributed by atoms with E-state index in [2.05, 4.69) is 42.5 Å². The van der Waals surface area contributed by atoms with Gasteiger partial charge < -0.3 is 0 Å². The number of alkyl halides is 4. The van der Waals surface area contributed by atoms with E-state index in [0.29, 0.717) is 60.2 Å². The van der Waals surface area contributed by atoms with Gasteiger partial charge in [0, 0.05) is 31.3 Å². The SMILES string of the molecule is ClC1C(Cl)C(Cl)C2C3NC4NC(NC5NC(NC6NC(NC(N3)C2C1Cl)C1CCCCC61)C1CCCCC51)C1CCCCC41.[Zn]. The maximum Gasteiger partial charge on any atom is 0.0681 e. The fourth-order valence-corrected chi connectivity index (χ4v) is 13.7. The third kappa shape index (κ3) is 5.73. The molecule has 5 aliphatic heterocycles. The van der Waals surface area contributed by atoms with Crippen LogP contribution in [0.1, 0.15) is 77.0 Å². The molecule has 0 spiro atoms. The zero-order valence-electron chi connectivity index (χ0n) is 26.3. The van der Waals surface area contributed by atoms with E-state index in [9.17, 15) is 0 Å². The van der Waals surface area contributed by atoms with Crippen LogP contribution in [0.5, 0.6) is 0 Å². The van der Waals surface area contributed by atoms with Crippen molar-refractivity contribution in [1.82, 2.24) is 42.5 Å². The monoisotopic (exact) mass is 752 g/mol. The van der Waals surface area contributed by atoms with Crippen LogP contribution in [-0.4, -0.2) is 70.8 Å². The summed E-state index contributed by atoms with van der Waals surface area (Å²) in [6, 6.07) is 0. The van der Waals surface area contributed by atoms with E-state index >= 15 is 0 Å². The molecule has 20 unspecified atom stereocenters. The Bertz CT molecular complexity index is 989. The Labute approximate surface area is 301 Å². The molecule has 9 rings (SSSR count). The molecule has 9 fully saturated rings. The molecule has 8 N–H and O–H groups in total. The smallest absolute Gasteiger partial charge is 0.0681 e. The molecule has 13 heteroatoms. The molecule has 0 amide bonds. The molecule has 0 aromatic rings. The fraction of sp³-hybridized carbons (Fsp3) is 1.00. The maximum atomic E-state index is 7.23. The summed E-state index contributed by atoms with van der Waals surface area (Å²) in [5, 5.41) is 31.7. The molecule has 20 atom stereocenters. The Kier molecular flexibility index (Phi) is 10.1. The van der Waals surface area contributed by atoms with Gasteiger partial charge in [-0.25, -0.2) is 0 Å². The zero-order valence-corrected chi connectivity index (χ0v) is 32.2. The predicted octanol–water partition coefficient (Wildman–Crippen LogP) is 3.47. The number of rotatable bonds is 0. The van der Waals surface area contributed by atoms with E-state index in [0.717, 1.165) is 0 Å². The van der Waals surface area contributed by atoms with Crippen LogP contribution < -0.4 is 42.5 Å². The number of halogens is 4. The average Bonchev–Trinajstić information content (AvgIpc) is 3.78. The molecule has 250 valence electrons. The summed E-state index contributed by atoms with van der Waals surface area (Å²) >= 11 is 28.3. The Balaban J connectivity index is 0.00000300. The van der Waals surface area contributed by atoms with Crippen LogP contribution in [0, 0.1) is 47.3 Å². The summed E-state index contributed by atoms with van der Waals surface area (Å²) in [7, 11) is 0. The first-order valence-electron chi connectivity index (χ1n) is 18.1. The van der Waals surface area contributed by atoms with Crippen molar-refractivity contribution in [3.63, 3.8) is 0 Å². The van der Waals surface area contributed by atoms with Crippen LogP contribution >= 0.6 is 46.4 Å². The quantitative estimate of drug-likeness (QED) is 0.141. The van der Waals surface area contributed by atoms with Gasteiger partial charge in [-0.1, -0.05) is 38.5 Å². The second kappa shape index (κ2) is 13.5. The van der Waals surface area contributed by atoms with E-state index in [-0.39, 0.29) is 77.5 Å². The van der Waals surface area contributed by atoms with Crippen molar-refractivity contribution >= 4 is 46.4 Å². The Hall–Kier alpha value is 1.46. The Morgan fingerprint density at radius 3 is 0.733 bits per heavy atom. The molecule has 4 saturated carbocycles. The van der Waals surface area contributed by atoms with Crippen molar-refractivity contribution in [2.45, 2.75) is 148 Å². The minimum atomic E-state index is -0.375. The summed E-state index contributed by atoms with van der Waals surface area (Å²) in [5.41, 5.74) is 0. The van der Waals surface area contributed by atoms with E-state index in [1.807, 2.05) is 0 Å². The van der Waals surface area contributed by atoms with Gasteiger partial charge in [0.25, 0.3) is 0 Å². The van der Waals surface area contributed by atoms with Gasteiger partial charge in [-0.2, -0.15) is 0 Å². The fourth-order valence-electron chi connectivity index (χ4n) is 11.9. The first-order valence-corrected chi connectivity index (χ1v) is 19.9. The van der Waals surface area contributed by atoms with Crippen molar-refractivity contribution in [3.05, 3.63) is 0 Å². The van der Waals surface area contributed by atoms with Crippen molar-refractivity contribution in [3.8, 4) is 0 Å². The van der Waals surface area contributed by atoms with Crippen LogP contribution in [0.15, 0.2) is 0 Å². The standard InChI is InChI=1S/C32H52Cl4N8.Zn/c33-21-19-20(22(34)24(36)23(21)35)32-43-30-18-12-6-4-10-16(18)28(41-30)39-26-14-8-2-1-7-13(14)25(37-26)38-27-15-9-3-5-11-17(15)29(40-27)42-31(19)44-32;/h13-32,37-44H,1-12H2;. The number of fused-ring (bicyclic) bond motifs is 20. The van der Waals surface area contributed by atoms with Gasteiger partial charge in [0.2, 0.25) is 0 Å². The molecule has 4 aliphatic carbocycles. The van der Waals surface area contributed by atoms with Crippen LogP contribution in [0.25, 0.3) is 0 Å². The summed E-state index contributed by atoms with van der Waals surface area (Å²) < 4.78 is 0. The van der Waals surface area contributed by atoms with Crippen molar-refractivity contribution in [1.29, 1.82) is 0 Å². The summed E-state index contributed by atoms with van der Waals surface area (Å²) in [6.07, 6.45) is 17.3. The molecule has 5 saturated heterocycles. The number of hydrogen-bond acceptors (Lipinski definition) is 8. The van der Waals surface area contributed by atoms with E-state index < -0.39 is 0 Å². The Morgan fingerprint density at radius 1 is 0.289 bits per heavy atom. The molecule has 9 aliphatic rings. The van der Waals surface area contributed by atoms with Crippen molar-refractivity contribution in [2.75, 3.05) is 0 Å². The van der Waals surface area contributed by atoms with E-state index in [4.69, 9.17) is 46.4 Å². The van der Waals surface area contributed by atoms with Gasteiger partial charge in [0.1, 0.15) is 0 Å².